The van der Waals surface area contributed by atoms with Gasteiger partial charge in [-0.05, 0) is 67.6 Å². The van der Waals surface area contributed by atoms with Crippen LogP contribution in [0.3, 0.4) is 0 Å². The third-order valence-corrected chi connectivity index (χ3v) is 9.55. The maximum Gasteiger partial charge on any atom is 0.412 e. The first-order chi connectivity index (χ1) is 21.8. The van der Waals surface area contributed by atoms with Crippen molar-refractivity contribution in [2.45, 2.75) is 70.9 Å². The number of rotatable bonds is 7. The van der Waals surface area contributed by atoms with Crippen molar-refractivity contribution in [3.63, 3.8) is 0 Å². The van der Waals surface area contributed by atoms with Crippen molar-refractivity contribution in [1.82, 2.24) is 19.8 Å². The first-order valence-electron chi connectivity index (χ1n) is 15.7. The van der Waals surface area contributed by atoms with Crippen LogP contribution in [0.15, 0.2) is 59.4 Å². The van der Waals surface area contributed by atoms with Crippen molar-refractivity contribution in [3.05, 3.63) is 92.8 Å². The fraction of sp³-hybridized carbons (Fsp3) is 0.371. The number of carbonyl (C=O) groups is 2. The van der Waals surface area contributed by atoms with Gasteiger partial charge in [-0.15, -0.1) is 0 Å². The lowest BCUT2D eigenvalue weighted by Gasteiger charge is -2.31. The van der Waals surface area contributed by atoms with Gasteiger partial charge in [0.2, 0.25) is 0 Å². The molecular weight excluding hydrogens is 572 g/mol. The minimum Gasteiger partial charge on any atom is -0.458 e. The number of hydrogen-bond donors (Lipinski definition) is 2. The van der Waals surface area contributed by atoms with Gasteiger partial charge in [0.1, 0.15) is 12.4 Å². The SMILES string of the molecule is CCc1c2c(nc3ccc(OC(=O)NCC4CCCN4Cc4ccccc4)cc13)-c1cc3c(c(=O)n1C2)COC(=O)[C@]3(O)CC. The Morgan fingerprint density at radius 1 is 1.13 bits per heavy atom. The lowest BCUT2D eigenvalue weighted by atomic mass is 9.86. The number of aryl methyl sites for hydroxylation is 1. The molecule has 0 aliphatic carbocycles. The van der Waals surface area contributed by atoms with Crippen LogP contribution in [0, 0.1) is 0 Å². The number of amides is 1. The number of nitrogens with zero attached hydrogens (tertiary/aromatic N) is 3. The van der Waals surface area contributed by atoms with Crippen molar-refractivity contribution >= 4 is 23.0 Å². The number of esters is 1. The van der Waals surface area contributed by atoms with Crippen LogP contribution in [-0.2, 0) is 41.2 Å². The maximum absolute atomic E-state index is 13.6. The zero-order chi connectivity index (χ0) is 31.3. The fourth-order valence-corrected chi connectivity index (χ4v) is 7.10. The average Bonchev–Trinajstić information content (AvgIpc) is 3.65. The maximum atomic E-state index is 13.6. The third-order valence-electron chi connectivity index (χ3n) is 9.55. The Bertz CT molecular complexity index is 1890. The van der Waals surface area contributed by atoms with Gasteiger partial charge in [0.05, 0.1) is 29.0 Å². The normalized spacial score (nSPS) is 20.4. The van der Waals surface area contributed by atoms with Crippen molar-refractivity contribution in [1.29, 1.82) is 0 Å². The minimum atomic E-state index is -1.87. The number of nitrogens with one attached hydrogen (secondary N) is 1. The van der Waals surface area contributed by atoms with Crippen molar-refractivity contribution in [3.8, 4) is 17.1 Å². The van der Waals surface area contributed by atoms with Crippen molar-refractivity contribution in [2.75, 3.05) is 13.1 Å². The second-order valence-electron chi connectivity index (χ2n) is 12.1. The number of carbonyl (C=O) groups excluding carboxylic acids is 2. The van der Waals surface area contributed by atoms with E-state index in [-0.39, 0.29) is 24.6 Å². The molecule has 7 rings (SSSR count). The summed E-state index contributed by atoms with van der Waals surface area (Å²) in [7, 11) is 0. The van der Waals surface area contributed by atoms with Gasteiger partial charge in [0.15, 0.2) is 5.60 Å². The molecule has 1 fully saturated rings. The molecule has 4 aromatic rings. The molecule has 10 heteroatoms. The number of fused-ring (bicyclic) bond motifs is 5. The Balaban J connectivity index is 1.12. The number of cyclic esters (lactones) is 1. The molecule has 2 aromatic heterocycles. The Morgan fingerprint density at radius 3 is 2.73 bits per heavy atom. The number of aliphatic hydroxyl groups is 1. The first kappa shape index (κ1) is 29.2. The number of benzene rings is 2. The van der Waals surface area contributed by atoms with Gasteiger partial charge in [-0.1, -0.05) is 44.2 Å². The summed E-state index contributed by atoms with van der Waals surface area (Å²) in [6.45, 7) is 6.23. The van der Waals surface area contributed by atoms with Crippen LogP contribution in [0.4, 0.5) is 4.79 Å². The molecule has 5 heterocycles. The van der Waals surface area contributed by atoms with Gasteiger partial charge in [-0.25, -0.2) is 14.6 Å². The molecule has 1 saturated heterocycles. The number of aromatic nitrogens is 2. The van der Waals surface area contributed by atoms with Crippen LogP contribution >= 0.6 is 0 Å². The van der Waals surface area contributed by atoms with Gasteiger partial charge in [0, 0.05) is 35.6 Å². The highest BCUT2D eigenvalue weighted by atomic mass is 16.6. The predicted molar refractivity (Wildman–Crippen MR) is 168 cm³/mol. The molecule has 45 heavy (non-hydrogen) atoms. The summed E-state index contributed by atoms with van der Waals surface area (Å²) in [6, 6.07) is 17.7. The number of hydrogen-bond acceptors (Lipinski definition) is 8. The summed E-state index contributed by atoms with van der Waals surface area (Å²) in [5.74, 6) is -0.332. The molecule has 2 atom stereocenters. The smallest absolute Gasteiger partial charge is 0.412 e. The summed E-state index contributed by atoms with van der Waals surface area (Å²) in [5, 5.41) is 15.0. The van der Waals surface area contributed by atoms with E-state index in [2.05, 4.69) is 22.3 Å². The Labute approximate surface area is 260 Å². The molecule has 2 aromatic carbocycles. The van der Waals surface area contributed by atoms with Gasteiger partial charge in [0.25, 0.3) is 5.56 Å². The molecule has 0 radical (unpaired) electrons. The summed E-state index contributed by atoms with van der Waals surface area (Å²) >= 11 is 0. The number of ether oxygens (including phenoxy) is 2. The van der Waals surface area contributed by atoms with E-state index in [1.807, 2.05) is 37.3 Å². The molecule has 3 aliphatic rings. The standard InChI is InChI=1S/C35H36N4O6/c1-3-24-25-15-23(45-34(42)36-17-22-11-8-14-38(22)18-21-9-6-5-7-10-21)12-13-29(25)37-31-26(24)19-39-30(31)16-28-27(32(39)40)20-44-33(41)35(28,43)4-2/h5-7,9-10,12-13,15-16,22,43H,3-4,8,11,14,17-20H2,1-2H3,(H,36,42)/t22?,35-/m0/s1. The van der Waals surface area contributed by atoms with Gasteiger partial charge in [-0.3, -0.25) is 9.69 Å². The minimum absolute atomic E-state index is 0.0862. The van der Waals surface area contributed by atoms with Crippen LogP contribution in [0.1, 0.15) is 60.9 Å². The quantitative estimate of drug-likeness (QED) is 0.261. The molecular formula is C35H36N4O6. The van der Waals surface area contributed by atoms with E-state index in [1.54, 1.807) is 23.6 Å². The number of pyridine rings is 2. The van der Waals surface area contributed by atoms with Crippen molar-refractivity contribution < 1.29 is 24.2 Å². The van der Waals surface area contributed by atoms with E-state index in [9.17, 15) is 19.5 Å². The summed E-state index contributed by atoms with van der Waals surface area (Å²) < 4.78 is 12.6. The predicted octanol–water partition coefficient (Wildman–Crippen LogP) is 4.40. The van der Waals surface area contributed by atoms with E-state index in [4.69, 9.17) is 14.5 Å². The van der Waals surface area contributed by atoms with Crippen LogP contribution < -0.4 is 15.6 Å². The molecule has 2 N–H and O–H groups in total. The second-order valence-corrected chi connectivity index (χ2v) is 12.1. The molecule has 0 bridgehead atoms. The lowest BCUT2D eigenvalue weighted by Crippen LogP contribution is -2.44. The van der Waals surface area contributed by atoms with E-state index >= 15 is 0 Å². The Kier molecular flexibility index (Phi) is 7.41. The molecule has 1 unspecified atom stereocenters. The summed E-state index contributed by atoms with van der Waals surface area (Å²) in [5.41, 5.74) is 3.50. The van der Waals surface area contributed by atoms with Crippen LogP contribution in [0.25, 0.3) is 22.3 Å². The highest BCUT2D eigenvalue weighted by Gasteiger charge is 2.45. The van der Waals surface area contributed by atoms with Gasteiger partial charge < -0.3 is 24.5 Å². The van der Waals surface area contributed by atoms with E-state index < -0.39 is 17.7 Å². The highest BCUT2D eigenvalue weighted by Crippen LogP contribution is 2.40. The Morgan fingerprint density at radius 2 is 1.96 bits per heavy atom. The zero-order valence-corrected chi connectivity index (χ0v) is 25.5. The van der Waals surface area contributed by atoms with Gasteiger partial charge >= 0.3 is 12.1 Å². The summed E-state index contributed by atoms with van der Waals surface area (Å²) in [4.78, 5) is 46.3. The molecule has 3 aliphatic heterocycles. The molecule has 10 nitrogen and oxygen atoms in total. The topological polar surface area (TPSA) is 123 Å². The fourth-order valence-electron chi connectivity index (χ4n) is 7.10. The first-order valence-corrected chi connectivity index (χ1v) is 15.7. The van der Waals surface area contributed by atoms with E-state index in [0.717, 1.165) is 42.4 Å². The lowest BCUT2D eigenvalue weighted by molar-refractivity contribution is -0.172. The third kappa shape index (κ3) is 4.98. The zero-order valence-electron chi connectivity index (χ0n) is 25.5. The van der Waals surface area contributed by atoms with Crippen LogP contribution in [-0.4, -0.2) is 50.8 Å². The second kappa shape index (κ2) is 11.4. The van der Waals surface area contributed by atoms with E-state index in [0.29, 0.717) is 53.3 Å². The molecule has 0 spiro atoms. The van der Waals surface area contributed by atoms with Crippen LogP contribution in [0.2, 0.25) is 0 Å². The van der Waals surface area contributed by atoms with E-state index in [1.165, 1.54) is 5.56 Å². The average molecular weight is 609 g/mol. The molecule has 1 amide bonds. The summed E-state index contributed by atoms with van der Waals surface area (Å²) in [6.07, 6.45) is 2.37. The van der Waals surface area contributed by atoms with Crippen molar-refractivity contribution in [2.24, 2.45) is 0 Å². The monoisotopic (exact) mass is 608 g/mol. The van der Waals surface area contributed by atoms with Crippen LogP contribution in [0.5, 0.6) is 5.75 Å². The Hall–Kier alpha value is -4.54. The molecule has 0 saturated carbocycles. The number of likely N-dealkylation sites (tertiary alicyclic amines) is 1. The van der Waals surface area contributed by atoms with Gasteiger partial charge in [-0.2, -0.15) is 0 Å². The molecule has 232 valence electrons. The highest BCUT2D eigenvalue weighted by molar-refractivity contribution is 5.90. The largest absolute Gasteiger partial charge is 0.458 e.